The largest absolute Gasteiger partial charge is 0.467 e. The molecule has 5 nitrogen and oxygen atoms in total. The number of urea groups is 1. The highest BCUT2D eigenvalue weighted by Gasteiger charge is 2.32. The lowest BCUT2D eigenvalue weighted by molar-refractivity contribution is 0.129. The van der Waals surface area contributed by atoms with Crippen LogP contribution in [0.2, 0.25) is 0 Å². The van der Waals surface area contributed by atoms with E-state index in [1.54, 1.807) is 11.2 Å². The van der Waals surface area contributed by atoms with E-state index < -0.39 is 5.82 Å². The molecule has 3 heterocycles. The number of furan rings is 1. The first-order valence-electron chi connectivity index (χ1n) is 7.36. The molecule has 1 saturated heterocycles. The van der Waals surface area contributed by atoms with E-state index in [-0.39, 0.29) is 12.1 Å². The van der Waals surface area contributed by atoms with Gasteiger partial charge in [0.15, 0.2) is 0 Å². The highest BCUT2D eigenvalue weighted by molar-refractivity contribution is 5.88. The van der Waals surface area contributed by atoms with Gasteiger partial charge >= 0.3 is 6.03 Å². The molecule has 0 aliphatic carbocycles. The molecule has 6 heteroatoms. The number of anilines is 1. The number of nitrogens with zero attached hydrogens (tertiary/aromatic N) is 2. The van der Waals surface area contributed by atoms with Crippen LogP contribution in [-0.2, 0) is 0 Å². The van der Waals surface area contributed by atoms with E-state index in [1.807, 2.05) is 12.1 Å². The second kappa shape index (κ2) is 6.17. The molecule has 3 rings (SSSR count). The summed E-state index contributed by atoms with van der Waals surface area (Å²) >= 11 is 0. The molecule has 1 fully saturated rings. The number of nitrogens with one attached hydrogen (secondary N) is 1. The zero-order chi connectivity index (χ0) is 15.5. The predicted octanol–water partition coefficient (Wildman–Crippen LogP) is 3.82. The van der Waals surface area contributed by atoms with Gasteiger partial charge in [0.05, 0.1) is 18.5 Å². The van der Waals surface area contributed by atoms with Crippen molar-refractivity contribution in [3.8, 4) is 0 Å². The van der Waals surface area contributed by atoms with Gasteiger partial charge in [-0.1, -0.05) is 6.92 Å². The molecule has 2 aromatic rings. The third-order valence-corrected chi connectivity index (χ3v) is 3.96. The zero-order valence-electron chi connectivity index (χ0n) is 12.3. The Hall–Kier alpha value is -2.37. The van der Waals surface area contributed by atoms with Gasteiger partial charge in [-0.15, -0.1) is 0 Å². The molecule has 2 aromatic heterocycles. The summed E-state index contributed by atoms with van der Waals surface area (Å²) in [5.41, 5.74) is 0. The topological polar surface area (TPSA) is 58.4 Å². The van der Waals surface area contributed by atoms with Crippen molar-refractivity contribution in [1.29, 1.82) is 0 Å². The van der Waals surface area contributed by atoms with Gasteiger partial charge in [0.25, 0.3) is 0 Å². The molecule has 1 aliphatic rings. The number of aromatic nitrogens is 1. The highest BCUT2D eigenvalue weighted by Crippen LogP contribution is 2.34. The Morgan fingerprint density at radius 3 is 3.00 bits per heavy atom. The standard InChI is InChI=1S/C16H18FN3O2/c1-11-6-7-20(13(9-11)14-3-2-8-22-14)16(21)19-15-5-4-12(17)10-18-15/h2-5,8,10-11,13H,6-7,9H2,1H3,(H,18,19,21). The van der Waals surface area contributed by atoms with Crippen molar-refractivity contribution in [2.24, 2.45) is 5.92 Å². The Labute approximate surface area is 128 Å². The van der Waals surface area contributed by atoms with Crippen molar-refractivity contribution in [3.05, 3.63) is 48.3 Å². The monoisotopic (exact) mass is 303 g/mol. The molecule has 0 radical (unpaired) electrons. The molecule has 2 unspecified atom stereocenters. The van der Waals surface area contributed by atoms with E-state index in [9.17, 15) is 9.18 Å². The summed E-state index contributed by atoms with van der Waals surface area (Å²) in [7, 11) is 0. The maximum atomic E-state index is 12.9. The second-order valence-corrected chi connectivity index (χ2v) is 5.65. The quantitative estimate of drug-likeness (QED) is 0.917. The van der Waals surface area contributed by atoms with Gasteiger partial charge in [-0.05, 0) is 43.0 Å². The SMILES string of the molecule is CC1CCN(C(=O)Nc2ccc(F)cn2)C(c2ccco2)C1. The van der Waals surface area contributed by atoms with Crippen LogP contribution in [0.15, 0.2) is 41.1 Å². The molecule has 2 amide bonds. The molecular weight excluding hydrogens is 285 g/mol. The Kier molecular flexibility index (Phi) is 4.09. The molecule has 0 spiro atoms. The van der Waals surface area contributed by atoms with Crippen LogP contribution >= 0.6 is 0 Å². The van der Waals surface area contributed by atoms with Gasteiger partial charge in [-0.2, -0.15) is 0 Å². The first-order chi connectivity index (χ1) is 10.6. The maximum absolute atomic E-state index is 12.9. The lowest BCUT2D eigenvalue weighted by Gasteiger charge is -2.37. The minimum Gasteiger partial charge on any atom is -0.467 e. The summed E-state index contributed by atoms with van der Waals surface area (Å²) in [6.45, 7) is 2.83. The van der Waals surface area contributed by atoms with Gasteiger partial charge in [0.1, 0.15) is 17.4 Å². The Morgan fingerprint density at radius 2 is 2.32 bits per heavy atom. The summed E-state index contributed by atoms with van der Waals surface area (Å²) in [5.74, 6) is 1.22. The number of hydrogen-bond acceptors (Lipinski definition) is 3. The van der Waals surface area contributed by atoms with E-state index in [2.05, 4.69) is 17.2 Å². The van der Waals surface area contributed by atoms with Crippen LogP contribution in [0.3, 0.4) is 0 Å². The van der Waals surface area contributed by atoms with Gasteiger partial charge < -0.3 is 9.32 Å². The zero-order valence-corrected chi connectivity index (χ0v) is 12.3. The third kappa shape index (κ3) is 3.10. The van der Waals surface area contributed by atoms with Crippen molar-refractivity contribution in [2.45, 2.75) is 25.8 Å². The molecule has 0 bridgehead atoms. The van der Waals surface area contributed by atoms with Crippen molar-refractivity contribution in [3.63, 3.8) is 0 Å². The number of halogens is 1. The van der Waals surface area contributed by atoms with E-state index in [0.717, 1.165) is 24.8 Å². The molecule has 116 valence electrons. The number of hydrogen-bond donors (Lipinski definition) is 1. The predicted molar refractivity (Wildman–Crippen MR) is 79.8 cm³/mol. The van der Waals surface area contributed by atoms with Crippen LogP contribution in [0.5, 0.6) is 0 Å². The summed E-state index contributed by atoms with van der Waals surface area (Å²) in [6, 6.07) is 6.10. The van der Waals surface area contributed by atoms with Crippen LogP contribution in [-0.4, -0.2) is 22.5 Å². The summed E-state index contributed by atoms with van der Waals surface area (Å²) in [6.07, 6.45) is 4.50. The summed E-state index contributed by atoms with van der Waals surface area (Å²) in [5, 5.41) is 2.71. The number of rotatable bonds is 2. The van der Waals surface area contributed by atoms with Crippen molar-refractivity contribution in [2.75, 3.05) is 11.9 Å². The van der Waals surface area contributed by atoms with Crippen molar-refractivity contribution < 1.29 is 13.6 Å². The molecule has 1 N–H and O–H groups in total. The van der Waals surface area contributed by atoms with Gasteiger partial charge in [0, 0.05) is 6.54 Å². The Bertz CT molecular complexity index is 627. The fourth-order valence-corrected chi connectivity index (χ4v) is 2.77. The number of carbonyl (C=O) groups is 1. The lowest BCUT2D eigenvalue weighted by atomic mass is 9.91. The van der Waals surface area contributed by atoms with E-state index in [0.29, 0.717) is 18.3 Å². The fourth-order valence-electron chi connectivity index (χ4n) is 2.77. The number of amides is 2. The minimum absolute atomic E-state index is 0.0841. The Balaban J connectivity index is 1.75. The third-order valence-electron chi connectivity index (χ3n) is 3.96. The number of likely N-dealkylation sites (tertiary alicyclic amines) is 1. The Morgan fingerprint density at radius 1 is 1.45 bits per heavy atom. The second-order valence-electron chi connectivity index (χ2n) is 5.65. The van der Waals surface area contributed by atoms with Gasteiger partial charge in [-0.25, -0.2) is 14.2 Å². The van der Waals surface area contributed by atoms with E-state index >= 15 is 0 Å². The molecule has 1 aliphatic heterocycles. The number of carbonyl (C=O) groups excluding carboxylic acids is 1. The average Bonchev–Trinajstić information content (AvgIpc) is 3.03. The summed E-state index contributed by atoms with van der Waals surface area (Å²) in [4.78, 5) is 18.1. The van der Waals surface area contributed by atoms with Gasteiger partial charge in [0.2, 0.25) is 0 Å². The minimum atomic E-state index is -0.432. The first kappa shape index (κ1) is 14.6. The average molecular weight is 303 g/mol. The van der Waals surface area contributed by atoms with Crippen molar-refractivity contribution in [1.82, 2.24) is 9.88 Å². The maximum Gasteiger partial charge on any atom is 0.323 e. The van der Waals surface area contributed by atoms with Gasteiger partial charge in [-0.3, -0.25) is 5.32 Å². The molecule has 0 aromatic carbocycles. The fraction of sp³-hybridized carbons (Fsp3) is 0.375. The van der Waals surface area contributed by atoms with Crippen LogP contribution in [0.1, 0.15) is 31.6 Å². The lowest BCUT2D eigenvalue weighted by Crippen LogP contribution is -2.43. The molecular formula is C16H18FN3O2. The first-order valence-corrected chi connectivity index (χ1v) is 7.36. The van der Waals surface area contributed by atoms with Crippen LogP contribution in [0.25, 0.3) is 0 Å². The number of pyridine rings is 1. The van der Waals surface area contributed by atoms with Crippen LogP contribution in [0.4, 0.5) is 15.0 Å². The van der Waals surface area contributed by atoms with Crippen molar-refractivity contribution >= 4 is 11.8 Å². The highest BCUT2D eigenvalue weighted by atomic mass is 19.1. The summed E-state index contributed by atoms with van der Waals surface area (Å²) < 4.78 is 18.4. The molecule has 0 saturated carbocycles. The smallest absolute Gasteiger partial charge is 0.323 e. The molecule has 2 atom stereocenters. The van der Waals surface area contributed by atoms with Crippen LogP contribution in [0, 0.1) is 11.7 Å². The normalized spacial score (nSPS) is 21.6. The molecule has 22 heavy (non-hydrogen) atoms. The van der Waals surface area contributed by atoms with E-state index in [4.69, 9.17) is 4.42 Å². The van der Waals surface area contributed by atoms with E-state index in [1.165, 1.54) is 12.1 Å². The number of piperidine rings is 1. The van der Waals surface area contributed by atoms with Crippen LogP contribution < -0.4 is 5.32 Å².